The number of hydrogen-bond donors (Lipinski definition) is 2. The molecule has 7 heteroatoms. The standard InChI is InChI=1S/C9H11Cl2N3O2/c1-5(2)12-9(15)13-6-3-7(10)14(16)8(11)4-6/h3-5H,1-2H3,(H2,12,13,15). The van der Waals surface area contributed by atoms with Crippen LogP contribution < -0.4 is 15.4 Å². The highest BCUT2D eigenvalue weighted by atomic mass is 35.5. The SMILES string of the molecule is CC(C)NC(=O)Nc1cc(Cl)[n+]([O-])c(Cl)c1. The fourth-order valence-electron chi connectivity index (χ4n) is 1.02. The van der Waals surface area contributed by atoms with Gasteiger partial charge < -0.3 is 15.8 Å². The van der Waals surface area contributed by atoms with Crippen LogP contribution in [0.5, 0.6) is 0 Å². The Bertz CT molecular complexity index is 387. The molecule has 0 unspecified atom stereocenters. The van der Waals surface area contributed by atoms with Crippen LogP contribution in [0, 0.1) is 5.21 Å². The molecule has 0 bridgehead atoms. The highest BCUT2D eigenvalue weighted by Gasteiger charge is 2.12. The number of anilines is 1. The van der Waals surface area contributed by atoms with E-state index in [1.54, 1.807) is 0 Å². The third-order valence-electron chi connectivity index (χ3n) is 1.61. The molecule has 0 aliphatic carbocycles. The molecule has 0 saturated heterocycles. The summed E-state index contributed by atoms with van der Waals surface area (Å²) in [5, 5.41) is 16.0. The smallest absolute Gasteiger partial charge is 0.319 e. The molecule has 1 rings (SSSR count). The number of aromatic nitrogens is 1. The van der Waals surface area contributed by atoms with Crippen molar-refractivity contribution in [3.63, 3.8) is 0 Å². The fourth-order valence-corrected chi connectivity index (χ4v) is 1.48. The van der Waals surface area contributed by atoms with Crippen molar-refractivity contribution in [1.82, 2.24) is 5.32 Å². The molecule has 1 heterocycles. The first-order chi connectivity index (χ1) is 7.40. The van der Waals surface area contributed by atoms with Gasteiger partial charge in [0.25, 0.3) is 10.3 Å². The molecule has 0 fully saturated rings. The van der Waals surface area contributed by atoms with Gasteiger partial charge in [-0.3, -0.25) is 0 Å². The van der Waals surface area contributed by atoms with Crippen LogP contribution in [0.4, 0.5) is 10.5 Å². The van der Waals surface area contributed by atoms with Gasteiger partial charge in [0.2, 0.25) is 0 Å². The quantitative estimate of drug-likeness (QED) is 0.488. The Morgan fingerprint density at radius 1 is 1.38 bits per heavy atom. The summed E-state index contributed by atoms with van der Waals surface area (Å²) < 4.78 is 0.356. The van der Waals surface area contributed by atoms with Gasteiger partial charge in [0.1, 0.15) is 0 Å². The van der Waals surface area contributed by atoms with E-state index in [1.165, 1.54) is 12.1 Å². The van der Waals surface area contributed by atoms with Crippen LogP contribution in [0.1, 0.15) is 13.8 Å². The Balaban J connectivity index is 2.79. The third kappa shape index (κ3) is 3.43. The zero-order chi connectivity index (χ0) is 12.3. The van der Waals surface area contributed by atoms with Crippen LogP contribution in [-0.2, 0) is 0 Å². The molecule has 0 spiro atoms. The van der Waals surface area contributed by atoms with Crippen LogP contribution >= 0.6 is 23.2 Å². The van der Waals surface area contributed by atoms with E-state index >= 15 is 0 Å². The second-order valence-electron chi connectivity index (χ2n) is 3.44. The van der Waals surface area contributed by atoms with E-state index in [2.05, 4.69) is 10.6 Å². The number of carbonyl (C=O) groups is 1. The van der Waals surface area contributed by atoms with Crippen molar-refractivity contribution in [2.24, 2.45) is 0 Å². The molecular formula is C9H11Cl2N3O2. The number of pyridine rings is 1. The van der Waals surface area contributed by atoms with Crippen molar-refractivity contribution in [2.75, 3.05) is 5.32 Å². The normalized spacial score (nSPS) is 10.3. The summed E-state index contributed by atoms with van der Waals surface area (Å²) in [5.41, 5.74) is 0.361. The summed E-state index contributed by atoms with van der Waals surface area (Å²) in [7, 11) is 0. The topological polar surface area (TPSA) is 68.1 Å². The Hall–Kier alpha value is -1.20. The Labute approximate surface area is 103 Å². The molecular weight excluding hydrogens is 253 g/mol. The van der Waals surface area contributed by atoms with Crippen molar-refractivity contribution in [2.45, 2.75) is 19.9 Å². The zero-order valence-electron chi connectivity index (χ0n) is 8.75. The average molecular weight is 264 g/mol. The van der Waals surface area contributed by atoms with Crippen LogP contribution in [0.25, 0.3) is 0 Å². The summed E-state index contributed by atoms with van der Waals surface area (Å²) in [4.78, 5) is 11.3. The number of nitrogens with zero attached hydrogens (tertiary/aromatic N) is 1. The van der Waals surface area contributed by atoms with Crippen molar-refractivity contribution in [1.29, 1.82) is 0 Å². The van der Waals surface area contributed by atoms with Crippen molar-refractivity contribution >= 4 is 34.9 Å². The summed E-state index contributed by atoms with van der Waals surface area (Å²) >= 11 is 11.2. The molecule has 5 nitrogen and oxygen atoms in total. The highest BCUT2D eigenvalue weighted by molar-refractivity contribution is 6.31. The number of hydrogen-bond acceptors (Lipinski definition) is 2. The van der Waals surface area contributed by atoms with Crippen molar-refractivity contribution in [3.8, 4) is 0 Å². The summed E-state index contributed by atoms with van der Waals surface area (Å²) in [6.45, 7) is 3.66. The molecule has 0 saturated carbocycles. The Morgan fingerprint density at radius 2 is 1.88 bits per heavy atom. The third-order valence-corrected chi connectivity index (χ3v) is 2.14. The molecule has 0 radical (unpaired) electrons. The van der Waals surface area contributed by atoms with E-state index in [-0.39, 0.29) is 22.4 Å². The first-order valence-electron chi connectivity index (χ1n) is 4.56. The number of nitrogens with one attached hydrogen (secondary N) is 2. The van der Waals surface area contributed by atoms with E-state index in [1.807, 2.05) is 13.8 Å². The maximum atomic E-state index is 11.3. The first-order valence-corrected chi connectivity index (χ1v) is 5.32. The van der Waals surface area contributed by atoms with E-state index in [0.717, 1.165) is 0 Å². The van der Waals surface area contributed by atoms with Gasteiger partial charge in [-0.15, -0.1) is 4.73 Å². The lowest BCUT2D eigenvalue weighted by Gasteiger charge is -2.10. The summed E-state index contributed by atoms with van der Waals surface area (Å²) in [6, 6.07) is 2.27. The maximum Gasteiger partial charge on any atom is 0.319 e. The fraction of sp³-hybridized carbons (Fsp3) is 0.333. The summed E-state index contributed by atoms with van der Waals surface area (Å²) in [5.74, 6) is 0. The van der Waals surface area contributed by atoms with Gasteiger partial charge in [-0.25, -0.2) is 4.79 Å². The lowest BCUT2D eigenvalue weighted by molar-refractivity contribution is -0.600. The minimum Gasteiger partial charge on any atom is -0.617 e. The monoisotopic (exact) mass is 263 g/mol. The second-order valence-corrected chi connectivity index (χ2v) is 4.21. The average Bonchev–Trinajstić information content (AvgIpc) is 2.12. The lowest BCUT2D eigenvalue weighted by atomic mass is 10.4. The number of rotatable bonds is 2. The molecule has 88 valence electrons. The number of urea groups is 1. The molecule has 1 aromatic rings. The largest absolute Gasteiger partial charge is 0.617 e. The van der Waals surface area contributed by atoms with E-state index in [0.29, 0.717) is 10.4 Å². The van der Waals surface area contributed by atoms with Gasteiger partial charge in [-0.2, -0.15) is 0 Å². The van der Waals surface area contributed by atoms with Crippen LogP contribution in [0.15, 0.2) is 12.1 Å². The minimum atomic E-state index is -0.384. The van der Waals surface area contributed by atoms with Crippen LogP contribution in [0.3, 0.4) is 0 Å². The predicted octanol–water partition coefficient (Wildman–Crippen LogP) is 2.16. The molecule has 0 aliphatic heterocycles. The zero-order valence-corrected chi connectivity index (χ0v) is 10.3. The predicted molar refractivity (Wildman–Crippen MR) is 62.7 cm³/mol. The van der Waals surface area contributed by atoms with Crippen molar-refractivity contribution < 1.29 is 9.52 Å². The molecule has 0 aliphatic rings. The molecule has 2 N–H and O–H groups in total. The number of halogens is 2. The Kier molecular flexibility index (Phi) is 4.20. The summed E-state index contributed by atoms with van der Waals surface area (Å²) in [6.07, 6.45) is 0. The molecule has 0 atom stereocenters. The van der Waals surface area contributed by atoms with E-state index in [4.69, 9.17) is 23.2 Å². The molecule has 1 aromatic heterocycles. The molecule has 16 heavy (non-hydrogen) atoms. The van der Waals surface area contributed by atoms with Gasteiger partial charge in [-0.1, -0.05) is 0 Å². The second kappa shape index (κ2) is 5.23. The lowest BCUT2D eigenvalue weighted by Crippen LogP contribution is -2.35. The number of carbonyl (C=O) groups excluding carboxylic acids is 1. The minimum absolute atomic E-state index is 0.0131. The van der Waals surface area contributed by atoms with Crippen molar-refractivity contribution in [3.05, 3.63) is 27.6 Å². The van der Waals surface area contributed by atoms with Gasteiger partial charge in [0.05, 0.1) is 5.69 Å². The van der Waals surface area contributed by atoms with Gasteiger partial charge >= 0.3 is 6.03 Å². The van der Waals surface area contributed by atoms with E-state index < -0.39 is 0 Å². The Morgan fingerprint density at radius 3 is 2.31 bits per heavy atom. The van der Waals surface area contributed by atoms with Crippen LogP contribution in [0.2, 0.25) is 10.3 Å². The van der Waals surface area contributed by atoms with E-state index in [9.17, 15) is 10.0 Å². The number of amides is 2. The van der Waals surface area contributed by atoms with Gasteiger partial charge in [0.15, 0.2) is 0 Å². The maximum absolute atomic E-state index is 11.3. The molecule has 0 aromatic carbocycles. The van der Waals surface area contributed by atoms with Gasteiger partial charge in [-0.05, 0) is 37.0 Å². The van der Waals surface area contributed by atoms with Gasteiger partial charge in [0, 0.05) is 18.2 Å². The highest BCUT2D eigenvalue weighted by Crippen LogP contribution is 2.16. The first kappa shape index (κ1) is 12.9. The molecule has 2 amide bonds. The van der Waals surface area contributed by atoms with Crippen LogP contribution in [-0.4, -0.2) is 12.1 Å².